The van der Waals surface area contributed by atoms with E-state index in [9.17, 15) is 9.90 Å². The van der Waals surface area contributed by atoms with Crippen LogP contribution in [0.4, 0.5) is 0 Å². The second kappa shape index (κ2) is 7.77. The Bertz CT molecular complexity index is 1120. The van der Waals surface area contributed by atoms with Crippen LogP contribution in [0.2, 0.25) is 0 Å². The van der Waals surface area contributed by atoms with Crippen molar-refractivity contribution in [2.75, 3.05) is 5.75 Å². The molecule has 27 heavy (non-hydrogen) atoms. The zero-order chi connectivity index (χ0) is 18.6. The third-order valence-electron chi connectivity index (χ3n) is 3.93. The van der Waals surface area contributed by atoms with Gasteiger partial charge in [-0.15, -0.1) is 11.3 Å². The van der Waals surface area contributed by atoms with Crippen molar-refractivity contribution >= 4 is 56.2 Å². The number of hydrogen-bond donors (Lipinski definition) is 2. The third kappa shape index (κ3) is 3.94. The van der Waals surface area contributed by atoms with E-state index in [4.69, 9.17) is 0 Å². The summed E-state index contributed by atoms with van der Waals surface area (Å²) in [5.41, 5.74) is 4.02. The minimum absolute atomic E-state index is 0.121. The zero-order valence-electron chi connectivity index (χ0n) is 14.1. The Morgan fingerprint density at radius 2 is 1.96 bits per heavy atom. The number of hydrogen-bond acceptors (Lipinski definition) is 6. The van der Waals surface area contributed by atoms with Gasteiger partial charge in [-0.25, -0.2) is 10.4 Å². The molecule has 5 nitrogen and oxygen atoms in total. The number of aromatic hydroxyl groups is 1. The zero-order valence-corrected chi connectivity index (χ0v) is 15.8. The molecular formula is C20H15N3O2S2. The predicted octanol–water partition coefficient (Wildman–Crippen LogP) is 4.40. The quantitative estimate of drug-likeness (QED) is 0.299. The number of nitrogens with one attached hydrogen (secondary N) is 1. The maximum atomic E-state index is 12.0. The van der Waals surface area contributed by atoms with Crippen LogP contribution in [0.3, 0.4) is 0 Å². The number of thiazole rings is 1. The van der Waals surface area contributed by atoms with E-state index < -0.39 is 0 Å². The van der Waals surface area contributed by atoms with Gasteiger partial charge in [0.05, 0.1) is 22.2 Å². The molecule has 0 unspecified atom stereocenters. The largest absolute Gasteiger partial charge is 0.507 e. The first-order valence-electron chi connectivity index (χ1n) is 8.22. The highest BCUT2D eigenvalue weighted by molar-refractivity contribution is 8.01. The number of carbonyl (C=O) groups excluding carboxylic acids is 1. The monoisotopic (exact) mass is 393 g/mol. The highest BCUT2D eigenvalue weighted by Gasteiger charge is 2.08. The minimum Gasteiger partial charge on any atom is -0.507 e. The van der Waals surface area contributed by atoms with Crippen LogP contribution in [0.15, 0.2) is 70.1 Å². The lowest BCUT2D eigenvalue weighted by atomic mass is 10.0. The summed E-state index contributed by atoms with van der Waals surface area (Å²) >= 11 is 2.94. The van der Waals surface area contributed by atoms with Gasteiger partial charge in [-0.1, -0.05) is 54.2 Å². The molecule has 1 amide bonds. The number of rotatable bonds is 5. The van der Waals surface area contributed by atoms with E-state index in [0.717, 1.165) is 25.3 Å². The van der Waals surface area contributed by atoms with Gasteiger partial charge in [0.2, 0.25) is 0 Å². The van der Waals surface area contributed by atoms with Gasteiger partial charge in [-0.2, -0.15) is 5.10 Å². The summed E-state index contributed by atoms with van der Waals surface area (Å²) in [5.74, 6) is 0.115. The second-order valence-corrected chi connectivity index (χ2v) is 8.00. The Balaban J connectivity index is 1.40. The van der Waals surface area contributed by atoms with Crippen molar-refractivity contribution in [1.82, 2.24) is 10.4 Å². The van der Waals surface area contributed by atoms with Gasteiger partial charge in [0, 0.05) is 5.56 Å². The number of aromatic nitrogens is 1. The molecule has 0 bridgehead atoms. The molecule has 4 aromatic rings. The van der Waals surface area contributed by atoms with Crippen LogP contribution in [0.1, 0.15) is 5.56 Å². The lowest BCUT2D eigenvalue weighted by Gasteiger charge is -2.04. The first kappa shape index (κ1) is 17.5. The lowest BCUT2D eigenvalue weighted by molar-refractivity contribution is -0.118. The summed E-state index contributed by atoms with van der Waals surface area (Å²) in [6, 6.07) is 19.0. The van der Waals surface area contributed by atoms with E-state index in [1.165, 1.54) is 18.0 Å². The van der Waals surface area contributed by atoms with Gasteiger partial charge in [0.25, 0.3) is 5.91 Å². The second-order valence-electron chi connectivity index (χ2n) is 5.75. The van der Waals surface area contributed by atoms with Gasteiger partial charge < -0.3 is 5.11 Å². The fourth-order valence-electron chi connectivity index (χ4n) is 2.66. The molecule has 4 rings (SSSR count). The van der Waals surface area contributed by atoms with Crippen LogP contribution in [-0.4, -0.2) is 28.0 Å². The summed E-state index contributed by atoms with van der Waals surface area (Å²) in [6.45, 7) is 0. The average molecular weight is 393 g/mol. The van der Waals surface area contributed by atoms with Gasteiger partial charge in [-0.05, 0) is 29.0 Å². The van der Waals surface area contributed by atoms with E-state index >= 15 is 0 Å². The molecule has 0 aliphatic carbocycles. The van der Waals surface area contributed by atoms with Crippen LogP contribution in [-0.2, 0) is 4.79 Å². The van der Waals surface area contributed by atoms with E-state index in [-0.39, 0.29) is 17.4 Å². The van der Waals surface area contributed by atoms with Crippen LogP contribution in [0.25, 0.3) is 21.0 Å². The first-order chi connectivity index (χ1) is 13.2. The van der Waals surface area contributed by atoms with Gasteiger partial charge >= 0.3 is 0 Å². The number of phenols is 1. The van der Waals surface area contributed by atoms with Crippen molar-refractivity contribution < 1.29 is 9.90 Å². The Labute approximate surface area is 163 Å². The molecule has 134 valence electrons. The van der Waals surface area contributed by atoms with E-state index in [2.05, 4.69) is 15.5 Å². The number of benzene rings is 3. The number of amides is 1. The van der Waals surface area contributed by atoms with Gasteiger partial charge in [-0.3, -0.25) is 4.79 Å². The third-order valence-corrected chi connectivity index (χ3v) is 6.11. The summed E-state index contributed by atoms with van der Waals surface area (Å²) < 4.78 is 1.95. The fraction of sp³-hybridized carbons (Fsp3) is 0.0500. The van der Waals surface area contributed by atoms with Crippen molar-refractivity contribution in [3.8, 4) is 5.75 Å². The van der Waals surface area contributed by atoms with E-state index in [0.29, 0.717) is 5.56 Å². The molecule has 2 N–H and O–H groups in total. The lowest BCUT2D eigenvalue weighted by Crippen LogP contribution is -2.19. The molecule has 0 saturated carbocycles. The maximum absolute atomic E-state index is 12.0. The topological polar surface area (TPSA) is 74.6 Å². The Kier molecular flexibility index (Phi) is 5.04. The normalized spacial score (nSPS) is 11.4. The molecule has 0 saturated heterocycles. The molecule has 0 aliphatic heterocycles. The van der Waals surface area contributed by atoms with Crippen molar-refractivity contribution in [3.05, 3.63) is 66.2 Å². The van der Waals surface area contributed by atoms with Crippen LogP contribution >= 0.6 is 23.1 Å². The standard InChI is InChI=1S/C20H15N3O2S2/c24-17-10-9-13-5-1-2-6-14(13)15(17)11-21-23-19(25)12-26-20-22-16-7-3-4-8-18(16)27-20/h1-11,24H,12H2,(H,23,25)/b21-11-. The summed E-state index contributed by atoms with van der Waals surface area (Å²) in [5, 5.41) is 15.9. The first-order valence-corrected chi connectivity index (χ1v) is 10.0. The SMILES string of the molecule is O=C(CSc1nc2ccccc2s1)N/N=C\c1c(O)ccc2ccccc12. The Morgan fingerprint density at radius 1 is 1.15 bits per heavy atom. The fourth-order valence-corrected chi connectivity index (χ4v) is 4.52. The molecule has 7 heteroatoms. The van der Waals surface area contributed by atoms with Crippen molar-refractivity contribution in [2.24, 2.45) is 5.10 Å². The van der Waals surface area contributed by atoms with Gasteiger partial charge in [0.1, 0.15) is 5.75 Å². The van der Waals surface area contributed by atoms with Crippen LogP contribution < -0.4 is 5.43 Å². The highest BCUT2D eigenvalue weighted by atomic mass is 32.2. The van der Waals surface area contributed by atoms with Crippen LogP contribution in [0, 0.1) is 0 Å². The molecule has 1 heterocycles. The molecule has 0 spiro atoms. The molecule has 0 aliphatic rings. The summed E-state index contributed by atoms with van der Waals surface area (Å²) in [7, 11) is 0. The number of phenolic OH excluding ortho intramolecular Hbond substituents is 1. The average Bonchev–Trinajstić information content (AvgIpc) is 3.11. The number of thioether (sulfide) groups is 1. The Morgan fingerprint density at radius 3 is 2.85 bits per heavy atom. The molecule has 0 radical (unpaired) electrons. The van der Waals surface area contributed by atoms with Gasteiger partial charge in [0.15, 0.2) is 4.34 Å². The number of fused-ring (bicyclic) bond motifs is 2. The van der Waals surface area contributed by atoms with E-state index in [1.807, 2.05) is 54.6 Å². The molecule has 1 aromatic heterocycles. The smallest absolute Gasteiger partial charge is 0.250 e. The number of para-hydroxylation sites is 1. The van der Waals surface area contributed by atoms with Crippen LogP contribution in [0.5, 0.6) is 5.75 Å². The maximum Gasteiger partial charge on any atom is 0.250 e. The Hall–Kier alpha value is -2.90. The van der Waals surface area contributed by atoms with Crippen molar-refractivity contribution in [1.29, 1.82) is 0 Å². The number of hydrazone groups is 1. The van der Waals surface area contributed by atoms with Crippen molar-refractivity contribution in [3.63, 3.8) is 0 Å². The molecule has 0 fully saturated rings. The summed E-state index contributed by atoms with van der Waals surface area (Å²) in [6.07, 6.45) is 1.47. The van der Waals surface area contributed by atoms with E-state index in [1.54, 1.807) is 17.4 Å². The van der Waals surface area contributed by atoms with Crippen molar-refractivity contribution in [2.45, 2.75) is 4.34 Å². The number of nitrogens with zero attached hydrogens (tertiary/aromatic N) is 2. The summed E-state index contributed by atoms with van der Waals surface area (Å²) in [4.78, 5) is 16.5. The predicted molar refractivity (Wildman–Crippen MR) is 112 cm³/mol. The number of carbonyl (C=O) groups is 1. The highest BCUT2D eigenvalue weighted by Crippen LogP contribution is 2.29. The molecular weight excluding hydrogens is 378 g/mol. The molecule has 0 atom stereocenters. The minimum atomic E-state index is -0.227. The molecule has 3 aromatic carbocycles.